The maximum absolute atomic E-state index is 11.0. The summed E-state index contributed by atoms with van der Waals surface area (Å²) in [5, 5.41) is 2.97. The molecule has 2 heterocycles. The molecule has 0 saturated heterocycles. The quantitative estimate of drug-likeness (QED) is 0.366. The molecule has 0 fully saturated rings. The molecule has 0 radical (unpaired) electrons. The summed E-state index contributed by atoms with van der Waals surface area (Å²) in [6, 6.07) is 6.99. The molecule has 134 valence electrons. The van der Waals surface area contributed by atoms with Gasteiger partial charge in [0.15, 0.2) is 17.5 Å². The number of fused-ring (bicyclic) bond motifs is 1. The van der Waals surface area contributed by atoms with Gasteiger partial charge in [-0.25, -0.2) is 4.99 Å². The number of guanidine groups is 1. The summed E-state index contributed by atoms with van der Waals surface area (Å²) < 4.78 is 16.4. The summed E-state index contributed by atoms with van der Waals surface area (Å²) in [6.07, 6.45) is 2.14. The summed E-state index contributed by atoms with van der Waals surface area (Å²) in [4.78, 5) is 15.2. The molecule has 0 spiro atoms. The first-order valence-electron chi connectivity index (χ1n) is 7.45. The summed E-state index contributed by atoms with van der Waals surface area (Å²) in [5.41, 5.74) is 12.1. The molecule has 25 heavy (non-hydrogen) atoms. The topological polar surface area (TPSA) is 125 Å². The standard InChI is InChI=1S/C16H18N4O4.HI/c17-15(21)10-6-12(24-9-10)8-19-16(18)20-11-2-3-13-14(7-11)23-5-1-4-22-13;/h2-3,6-7,9H,1,4-5,8H2,(H2,17,21)(H3,18,19,20);1H. The summed E-state index contributed by atoms with van der Waals surface area (Å²) in [5.74, 6) is 1.53. The minimum Gasteiger partial charge on any atom is -0.490 e. The SMILES string of the molecule is I.NC(=O)c1coc(CN=C(N)Nc2ccc3c(c2)OCCCO3)c1. The number of halogens is 1. The lowest BCUT2D eigenvalue weighted by Crippen LogP contribution is -2.22. The van der Waals surface area contributed by atoms with Gasteiger partial charge in [0, 0.05) is 18.2 Å². The van der Waals surface area contributed by atoms with Gasteiger partial charge in [-0.3, -0.25) is 4.79 Å². The van der Waals surface area contributed by atoms with Gasteiger partial charge in [-0.2, -0.15) is 0 Å². The van der Waals surface area contributed by atoms with E-state index in [9.17, 15) is 4.79 Å². The number of nitrogens with one attached hydrogen (secondary N) is 1. The van der Waals surface area contributed by atoms with Gasteiger partial charge < -0.3 is 30.7 Å². The Morgan fingerprint density at radius 3 is 2.64 bits per heavy atom. The van der Waals surface area contributed by atoms with E-state index in [2.05, 4.69) is 10.3 Å². The van der Waals surface area contributed by atoms with Crippen LogP contribution in [0.15, 0.2) is 39.9 Å². The maximum atomic E-state index is 11.0. The minimum atomic E-state index is -0.549. The fraction of sp³-hybridized carbons (Fsp3) is 0.250. The van der Waals surface area contributed by atoms with E-state index in [-0.39, 0.29) is 36.5 Å². The molecule has 0 atom stereocenters. The maximum Gasteiger partial charge on any atom is 0.251 e. The van der Waals surface area contributed by atoms with Crippen LogP contribution in [0.4, 0.5) is 5.69 Å². The number of anilines is 1. The first-order valence-corrected chi connectivity index (χ1v) is 7.45. The highest BCUT2D eigenvalue weighted by atomic mass is 127. The number of furan rings is 1. The van der Waals surface area contributed by atoms with Crippen molar-refractivity contribution >= 4 is 41.5 Å². The van der Waals surface area contributed by atoms with Gasteiger partial charge in [-0.15, -0.1) is 24.0 Å². The van der Waals surface area contributed by atoms with Crippen molar-refractivity contribution in [2.45, 2.75) is 13.0 Å². The first-order chi connectivity index (χ1) is 11.6. The van der Waals surface area contributed by atoms with Crippen LogP contribution < -0.4 is 26.3 Å². The van der Waals surface area contributed by atoms with E-state index in [0.29, 0.717) is 36.0 Å². The van der Waals surface area contributed by atoms with Gasteiger partial charge in [0.2, 0.25) is 0 Å². The third kappa shape index (κ3) is 5.02. The van der Waals surface area contributed by atoms with E-state index in [4.69, 9.17) is 25.4 Å². The fourth-order valence-electron chi connectivity index (χ4n) is 2.18. The Labute approximate surface area is 161 Å². The summed E-state index contributed by atoms with van der Waals surface area (Å²) in [7, 11) is 0. The minimum absolute atomic E-state index is 0. The molecule has 5 N–H and O–H groups in total. The average molecular weight is 458 g/mol. The van der Waals surface area contributed by atoms with Crippen molar-refractivity contribution in [3.05, 3.63) is 41.9 Å². The van der Waals surface area contributed by atoms with Crippen LogP contribution in [-0.4, -0.2) is 25.1 Å². The molecule has 0 saturated carbocycles. The van der Waals surface area contributed by atoms with Crippen LogP contribution in [0.25, 0.3) is 0 Å². The van der Waals surface area contributed by atoms with Crippen molar-refractivity contribution in [3.8, 4) is 11.5 Å². The normalized spacial score (nSPS) is 13.5. The number of nitrogens with zero attached hydrogens (tertiary/aromatic N) is 1. The number of benzene rings is 1. The Kier molecular flexibility index (Phi) is 6.51. The van der Waals surface area contributed by atoms with Gasteiger partial charge in [0.1, 0.15) is 18.6 Å². The van der Waals surface area contributed by atoms with E-state index < -0.39 is 5.91 Å². The Balaban J connectivity index is 0.00000225. The highest BCUT2D eigenvalue weighted by Gasteiger charge is 2.11. The van der Waals surface area contributed by atoms with Crippen molar-refractivity contribution in [1.29, 1.82) is 0 Å². The molecule has 1 aromatic carbocycles. The smallest absolute Gasteiger partial charge is 0.251 e. The van der Waals surface area contributed by atoms with Crippen molar-refractivity contribution in [2.24, 2.45) is 16.5 Å². The zero-order valence-electron chi connectivity index (χ0n) is 13.4. The number of primary amides is 1. The number of ether oxygens (including phenoxy) is 2. The molecule has 0 aliphatic carbocycles. The molecule has 9 heteroatoms. The number of carbonyl (C=O) groups excluding carboxylic acids is 1. The molecular weight excluding hydrogens is 439 g/mol. The summed E-state index contributed by atoms with van der Waals surface area (Å²) >= 11 is 0. The second-order valence-electron chi connectivity index (χ2n) is 5.20. The van der Waals surface area contributed by atoms with Crippen molar-refractivity contribution in [3.63, 3.8) is 0 Å². The Morgan fingerprint density at radius 2 is 1.92 bits per heavy atom. The third-order valence-electron chi connectivity index (χ3n) is 3.36. The number of hydrogen-bond acceptors (Lipinski definition) is 5. The summed E-state index contributed by atoms with van der Waals surface area (Å²) in [6.45, 7) is 1.44. The lowest BCUT2D eigenvalue weighted by molar-refractivity contribution is 0.0999. The highest BCUT2D eigenvalue weighted by molar-refractivity contribution is 14.0. The van der Waals surface area contributed by atoms with E-state index in [1.807, 2.05) is 12.1 Å². The van der Waals surface area contributed by atoms with Crippen LogP contribution >= 0.6 is 24.0 Å². The van der Waals surface area contributed by atoms with Crippen LogP contribution in [0.5, 0.6) is 11.5 Å². The Bertz CT molecular complexity index is 775. The largest absolute Gasteiger partial charge is 0.490 e. The van der Waals surface area contributed by atoms with Gasteiger partial charge in [-0.1, -0.05) is 0 Å². The third-order valence-corrected chi connectivity index (χ3v) is 3.36. The predicted octanol–water partition coefficient (Wildman–Crippen LogP) is 2.08. The predicted molar refractivity (Wildman–Crippen MR) is 104 cm³/mol. The number of rotatable bonds is 4. The Morgan fingerprint density at radius 1 is 1.16 bits per heavy atom. The lowest BCUT2D eigenvalue weighted by Gasteiger charge is -2.10. The van der Waals surface area contributed by atoms with Crippen molar-refractivity contribution < 1.29 is 18.7 Å². The fourth-order valence-corrected chi connectivity index (χ4v) is 2.18. The van der Waals surface area contributed by atoms with Crippen molar-refractivity contribution in [2.75, 3.05) is 18.5 Å². The van der Waals surface area contributed by atoms with Crippen LogP contribution in [0.3, 0.4) is 0 Å². The molecule has 1 aromatic heterocycles. The van der Waals surface area contributed by atoms with Crippen LogP contribution in [0, 0.1) is 0 Å². The van der Waals surface area contributed by atoms with Gasteiger partial charge >= 0.3 is 0 Å². The van der Waals surface area contributed by atoms with E-state index >= 15 is 0 Å². The average Bonchev–Trinajstić information content (AvgIpc) is 2.92. The molecular formula is C16H19IN4O4. The number of amides is 1. The molecule has 0 bridgehead atoms. The molecule has 1 aliphatic heterocycles. The zero-order valence-corrected chi connectivity index (χ0v) is 15.7. The number of nitrogens with two attached hydrogens (primary N) is 2. The molecule has 2 aromatic rings. The lowest BCUT2D eigenvalue weighted by atomic mass is 10.3. The monoisotopic (exact) mass is 458 g/mol. The van der Waals surface area contributed by atoms with Gasteiger partial charge in [0.25, 0.3) is 5.91 Å². The zero-order chi connectivity index (χ0) is 16.9. The van der Waals surface area contributed by atoms with Gasteiger partial charge in [0.05, 0.1) is 18.8 Å². The first kappa shape index (κ1) is 18.9. The van der Waals surface area contributed by atoms with Crippen LogP contribution in [0.2, 0.25) is 0 Å². The van der Waals surface area contributed by atoms with Crippen LogP contribution in [0.1, 0.15) is 22.5 Å². The molecule has 1 aliphatic rings. The van der Waals surface area contributed by atoms with E-state index in [1.54, 1.807) is 6.07 Å². The Hall–Kier alpha value is -2.43. The van der Waals surface area contributed by atoms with E-state index in [1.165, 1.54) is 12.3 Å². The van der Waals surface area contributed by atoms with Crippen LogP contribution in [-0.2, 0) is 6.54 Å². The van der Waals surface area contributed by atoms with E-state index in [0.717, 1.165) is 12.1 Å². The molecule has 3 rings (SSSR count). The number of hydrogen-bond donors (Lipinski definition) is 3. The molecule has 0 unspecified atom stereocenters. The molecule has 8 nitrogen and oxygen atoms in total. The highest BCUT2D eigenvalue weighted by Crippen LogP contribution is 2.32. The number of aliphatic imine (C=N–C) groups is 1. The second kappa shape index (κ2) is 8.60. The second-order valence-corrected chi connectivity index (χ2v) is 5.20. The molecule has 1 amide bonds. The van der Waals surface area contributed by atoms with Gasteiger partial charge in [-0.05, 0) is 18.2 Å². The van der Waals surface area contributed by atoms with Crippen molar-refractivity contribution in [1.82, 2.24) is 0 Å². The number of carbonyl (C=O) groups is 1.